The lowest BCUT2D eigenvalue weighted by Gasteiger charge is -2.26. The van der Waals surface area contributed by atoms with Gasteiger partial charge in [-0.3, -0.25) is 4.90 Å². The highest BCUT2D eigenvalue weighted by molar-refractivity contribution is 4.85. The van der Waals surface area contributed by atoms with Crippen LogP contribution in [0, 0.1) is 5.92 Å². The summed E-state index contributed by atoms with van der Waals surface area (Å²) in [6.07, 6.45) is 1.88. The van der Waals surface area contributed by atoms with Crippen LogP contribution in [0.4, 0.5) is 0 Å². The van der Waals surface area contributed by atoms with E-state index in [-0.39, 0.29) is 6.61 Å². The smallest absolute Gasteiger partial charge is 0.0623 e. The maximum atomic E-state index is 8.98. The van der Waals surface area contributed by atoms with Crippen LogP contribution in [0.3, 0.4) is 0 Å². The third-order valence-electron chi connectivity index (χ3n) is 2.96. The zero-order valence-electron chi connectivity index (χ0n) is 10.2. The average molecular weight is 228 g/mol. The fourth-order valence-electron chi connectivity index (χ4n) is 2.18. The highest BCUT2D eigenvalue weighted by atomic mass is 16.5. The Morgan fingerprint density at radius 1 is 1.56 bits per heavy atom. The van der Waals surface area contributed by atoms with Gasteiger partial charge in [-0.05, 0) is 6.54 Å². The molecule has 4 nitrogen and oxygen atoms in total. The Kier molecular flexibility index (Phi) is 6.64. The first kappa shape index (κ1) is 13.6. The van der Waals surface area contributed by atoms with Gasteiger partial charge < -0.3 is 15.2 Å². The molecular formula is C12H24N2O2. The molecule has 0 saturated carbocycles. The number of aliphatic hydroxyl groups is 1. The summed E-state index contributed by atoms with van der Waals surface area (Å²) in [4.78, 5) is 2.22. The highest BCUT2D eigenvalue weighted by Crippen LogP contribution is 2.15. The van der Waals surface area contributed by atoms with Gasteiger partial charge in [0.25, 0.3) is 0 Å². The van der Waals surface area contributed by atoms with Crippen molar-refractivity contribution in [3.8, 4) is 0 Å². The topological polar surface area (TPSA) is 44.7 Å². The second-order valence-corrected chi connectivity index (χ2v) is 4.23. The standard InChI is InChI=1S/C12H24N2O2/c1-3-5-14(6-7-15)8-11-9-16-10-12(11)13-4-2/h3,11-13,15H,1,4-10H2,2H3. The van der Waals surface area contributed by atoms with Gasteiger partial charge in [0, 0.05) is 31.6 Å². The molecule has 0 aromatic rings. The van der Waals surface area contributed by atoms with E-state index in [0.29, 0.717) is 18.5 Å². The van der Waals surface area contributed by atoms with Crippen LogP contribution < -0.4 is 5.32 Å². The second kappa shape index (κ2) is 7.79. The number of likely N-dealkylation sites (N-methyl/N-ethyl adjacent to an activating group) is 1. The van der Waals surface area contributed by atoms with Crippen LogP contribution >= 0.6 is 0 Å². The zero-order valence-corrected chi connectivity index (χ0v) is 10.2. The number of nitrogens with one attached hydrogen (secondary N) is 1. The van der Waals surface area contributed by atoms with E-state index in [9.17, 15) is 0 Å². The number of rotatable bonds is 8. The normalized spacial score (nSPS) is 25.2. The molecule has 0 radical (unpaired) electrons. The largest absolute Gasteiger partial charge is 0.395 e. The molecule has 0 aromatic heterocycles. The van der Waals surface area contributed by atoms with Crippen LogP contribution in [0.25, 0.3) is 0 Å². The average Bonchev–Trinajstić information content (AvgIpc) is 2.67. The molecule has 0 aliphatic carbocycles. The summed E-state index contributed by atoms with van der Waals surface area (Å²) in [6.45, 7) is 11.2. The van der Waals surface area contributed by atoms with E-state index in [2.05, 4.69) is 23.7 Å². The Labute approximate surface area is 98.3 Å². The van der Waals surface area contributed by atoms with E-state index < -0.39 is 0 Å². The number of hydrogen-bond acceptors (Lipinski definition) is 4. The highest BCUT2D eigenvalue weighted by Gasteiger charge is 2.28. The van der Waals surface area contributed by atoms with E-state index in [1.54, 1.807) is 0 Å². The van der Waals surface area contributed by atoms with Crippen molar-refractivity contribution in [3.63, 3.8) is 0 Å². The van der Waals surface area contributed by atoms with E-state index in [1.807, 2.05) is 6.08 Å². The van der Waals surface area contributed by atoms with Crippen LogP contribution in [0.2, 0.25) is 0 Å². The van der Waals surface area contributed by atoms with E-state index in [4.69, 9.17) is 9.84 Å². The van der Waals surface area contributed by atoms with Crippen molar-refractivity contribution in [3.05, 3.63) is 12.7 Å². The van der Waals surface area contributed by atoms with Crippen LogP contribution in [0.15, 0.2) is 12.7 Å². The Morgan fingerprint density at radius 3 is 3.00 bits per heavy atom. The summed E-state index contributed by atoms with van der Waals surface area (Å²) in [6, 6.07) is 0.455. The predicted octanol–water partition coefficient (Wildman–Crippen LogP) is 0.0912. The fraction of sp³-hybridized carbons (Fsp3) is 0.833. The molecule has 1 saturated heterocycles. The maximum absolute atomic E-state index is 8.98. The minimum absolute atomic E-state index is 0.202. The molecular weight excluding hydrogens is 204 g/mol. The van der Waals surface area contributed by atoms with E-state index in [1.165, 1.54) is 0 Å². The third kappa shape index (κ3) is 4.22. The molecule has 2 atom stereocenters. The van der Waals surface area contributed by atoms with Crippen molar-refractivity contribution in [2.24, 2.45) is 5.92 Å². The fourth-order valence-corrected chi connectivity index (χ4v) is 2.18. The van der Waals surface area contributed by atoms with Gasteiger partial charge in [0.15, 0.2) is 0 Å². The Hall–Kier alpha value is -0.420. The summed E-state index contributed by atoms with van der Waals surface area (Å²) in [7, 11) is 0. The van der Waals surface area contributed by atoms with Crippen molar-refractivity contribution < 1.29 is 9.84 Å². The molecule has 16 heavy (non-hydrogen) atoms. The van der Waals surface area contributed by atoms with Gasteiger partial charge >= 0.3 is 0 Å². The van der Waals surface area contributed by atoms with Gasteiger partial charge in [-0.2, -0.15) is 0 Å². The van der Waals surface area contributed by atoms with Gasteiger partial charge in [0.2, 0.25) is 0 Å². The van der Waals surface area contributed by atoms with Crippen molar-refractivity contribution in [2.75, 3.05) is 46.0 Å². The minimum Gasteiger partial charge on any atom is -0.395 e. The van der Waals surface area contributed by atoms with Crippen LogP contribution in [0.5, 0.6) is 0 Å². The molecule has 4 heteroatoms. The lowest BCUT2D eigenvalue weighted by atomic mass is 10.0. The first-order chi connectivity index (χ1) is 7.81. The van der Waals surface area contributed by atoms with Crippen molar-refractivity contribution >= 4 is 0 Å². The monoisotopic (exact) mass is 228 g/mol. The Morgan fingerprint density at radius 2 is 2.38 bits per heavy atom. The lowest BCUT2D eigenvalue weighted by Crippen LogP contribution is -2.42. The molecule has 0 aromatic carbocycles. The molecule has 0 amide bonds. The first-order valence-corrected chi connectivity index (χ1v) is 6.07. The number of nitrogens with zero attached hydrogens (tertiary/aromatic N) is 1. The van der Waals surface area contributed by atoms with E-state index >= 15 is 0 Å². The van der Waals surface area contributed by atoms with Crippen molar-refractivity contribution in [1.82, 2.24) is 10.2 Å². The molecule has 1 rings (SSSR count). The van der Waals surface area contributed by atoms with Crippen LogP contribution in [-0.2, 0) is 4.74 Å². The molecule has 0 spiro atoms. The predicted molar refractivity (Wildman–Crippen MR) is 65.5 cm³/mol. The number of aliphatic hydroxyl groups excluding tert-OH is 1. The van der Waals surface area contributed by atoms with Gasteiger partial charge in [-0.25, -0.2) is 0 Å². The van der Waals surface area contributed by atoms with Crippen molar-refractivity contribution in [2.45, 2.75) is 13.0 Å². The summed E-state index contributed by atoms with van der Waals surface area (Å²) < 4.78 is 5.50. The third-order valence-corrected chi connectivity index (χ3v) is 2.96. The Balaban J connectivity index is 2.39. The molecule has 1 heterocycles. The number of hydrogen-bond donors (Lipinski definition) is 2. The number of ether oxygens (including phenoxy) is 1. The molecule has 1 fully saturated rings. The first-order valence-electron chi connectivity index (χ1n) is 6.07. The maximum Gasteiger partial charge on any atom is 0.0623 e. The molecule has 2 unspecified atom stereocenters. The molecule has 0 bridgehead atoms. The van der Waals surface area contributed by atoms with E-state index in [0.717, 1.165) is 32.8 Å². The summed E-state index contributed by atoms with van der Waals surface area (Å²) >= 11 is 0. The van der Waals surface area contributed by atoms with Gasteiger partial charge in [-0.15, -0.1) is 6.58 Å². The quantitative estimate of drug-likeness (QED) is 0.578. The molecule has 1 aliphatic heterocycles. The van der Waals surface area contributed by atoms with Crippen molar-refractivity contribution in [1.29, 1.82) is 0 Å². The Bertz CT molecular complexity index is 199. The summed E-state index contributed by atoms with van der Waals surface area (Å²) in [5.41, 5.74) is 0. The van der Waals surface area contributed by atoms with Crippen LogP contribution in [-0.4, -0.2) is 62.0 Å². The summed E-state index contributed by atoms with van der Waals surface area (Å²) in [5.74, 6) is 0.520. The molecule has 2 N–H and O–H groups in total. The second-order valence-electron chi connectivity index (χ2n) is 4.23. The summed E-state index contributed by atoms with van der Waals surface area (Å²) in [5, 5.41) is 12.4. The van der Waals surface area contributed by atoms with Gasteiger partial charge in [0.1, 0.15) is 0 Å². The zero-order chi connectivity index (χ0) is 11.8. The van der Waals surface area contributed by atoms with Gasteiger partial charge in [0.05, 0.1) is 19.8 Å². The molecule has 1 aliphatic rings. The van der Waals surface area contributed by atoms with Gasteiger partial charge in [-0.1, -0.05) is 13.0 Å². The lowest BCUT2D eigenvalue weighted by molar-refractivity contribution is 0.158. The molecule has 94 valence electrons. The minimum atomic E-state index is 0.202. The van der Waals surface area contributed by atoms with Crippen LogP contribution in [0.1, 0.15) is 6.92 Å². The SMILES string of the molecule is C=CCN(CCO)CC1COCC1NCC.